The molecule has 136 valence electrons. The van der Waals surface area contributed by atoms with Crippen LogP contribution in [-0.4, -0.2) is 31.9 Å². The van der Waals surface area contributed by atoms with E-state index in [0.29, 0.717) is 24.0 Å². The second-order valence-electron chi connectivity index (χ2n) is 10.4. The highest BCUT2D eigenvalue weighted by Gasteiger charge is 2.60. The van der Waals surface area contributed by atoms with E-state index in [9.17, 15) is 4.79 Å². The molecule has 4 aliphatic rings. The van der Waals surface area contributed by atoms with Crippen LogP contribution in [0.25, 0.3) is 0 Å². The molecular weight excluding hydrogens is 316 g/mol. The van der Waals surface area contributed by atoms with Gasteiger partial charge in [-0.1, -0.05) is 27.2 Å². The van der Waals surface area contributed by atoms with E-state index in [1.165, 1.54) is 25.7 Å². The third kappa shape index (κ3) is 2.47. The van der Waals surface area contributed by atoms with Gasteiger partial charge >= 0.3 is 0 Å². The Morgan fingerprint density at radius 1 is 1.21 bits per heavy atom. The Labute approximate surface area is 148 Å². The molecule has 2 heterocycles. The summed E-state index contributed by atoms with van der Waals surface area (Å²) in [7, 11) is -1.84. The summed E-state index contributed by atoms with van der Waals surface area (Å²) < 4.78 is 13.4. The SMILES string of the molecule is CC(C)(C)[Si](C)(C)OC1CC(=O)C2C1CC1CCC[C@]13CC[C@H]2O3. The average Bonchev–Trinajstić information content (AvgIpc) is 3.08. The average molecular weight is 351 g/mol. The van der Waals surface area contributed by atoms with Gasteiger partial charge in [0.1, 0.15) is 5.78 Å². The monoisotopic (exact) mass is 350 g/mol. The van der Waals surface area contributed by atoms with Crippen molar-refractivity contribution in [3.05, 3.63) is 0 Å². The number of hydrogen-bond acceptors (Lipinski definition) is 3. The van der Waals surface area contributed by atoms with Crippen LogP contribution in [-0.2, 0) is 14.0 Å². The van der Waals surface area contributed by atoms with Crippen LogP contribution in [0.5, 0.6) is 0 Å². The van der Waals surface area contributed by atoms with E-state index in [-0.39, 0.29) is 28.8 Å². The molecule has 0 radical (unpaired) electrons. The summed E-state index contributed by atoms with van der Waals surface area (Å²) in [4.78, 5) is 12.9. The summed E-state index contributed by atoms with van der Waals surface area (Å²) >= 11 is 0. The van der Waals surface area contributed by atoms with Crippen molar-refractivity contribution in [3.8, 4) is 0 Å². The van der Waals surface area contributed by atoms with Crippen molar-refractivity contribution in [1.29, 1.82) is 0 Å². The standard InChI is InChI=1S/C20H34O3Si/c1-19(2,3)24(4,5)23-17-12-15(21)18-14(17)11-13-7-6-9-20(13)10-8-16(18)22-20/h13-14,16-18H,6-12H2,1-5H3/t13?,14?,16-,17?,18?,20+/m1/s1. The number of ketones is 1. The number of carbonyl (C=O) groups is 1. The van der Waals surface area contributed by atoms with Gasteiger partial charge in [-0.05, 0) is 62.1 Å². The van der Waals surface area contributed by atoms with Crippen LogP contribution in [0.4, 0.5) is 0 Å². The van der Waals surface area contributed by atoms with Gasteiger partial charge in [0, 0.05) is 12.3 Å². The zero-order valence-electron chi connectivity index (χ0n) is 16.1. The first-order chi connectivity index (χ1) is 11.1. The largest absolute Gasteiger partial charge is 0.413 e. The molecule has 4 heteroatoms. The molecule has 6 atom stereocenters. The molecule has 4 rings (SSSR count). The first-order valence-electron chi connectivity index (χ1n) is 10.0. The van der Waals surface area contributed by atoms with Crippen molar-refractivity contribution in [2.45, 2.75) is 102 Å². The van der Waals surface area contributed by atoms with Crippen molar-refractivity contribution in [2.24, 2.45) is 17.8 Å². The lowest BCUT2D eigenvalue weighted by molar-refractivity contribution is -0.128. The molecule has 2 bridgehead atoms. The third-order valence-electron chi connectivity index (χ3n) is 8.06. The molecule has 4 fully saturated rings. The summed E-state index contributed by atoms with van der Waals surface area (Å²) in [5.41, 5.74) is 0.122. The molecule has 2 saturated carbocycles. The highest BCUT2D eigenvalue weighted by Crippen LogP contribution is 2.58. The summed E-state index contributed by atoms with van der Waals surface area (Å²) in [5, 5.41) is 0.197. The van der Waals surface area contributed by atoms with Gasteiger partial charge in [0.05, 0.1) is 17.8 Å². The van der Waals surface area contributed by atoms with Gasteiger partial charge < -0.3 is 9.16 Å². The van der Waals surface area contributed by atoms with Gasteiger partial charge in [0.25, 0.3) is 0 Å². The second kappa shape index (κ2) is 5.40. The van der Waals surface area contributed by atoms with Crippen LogP contribution in [0.3, 0.4) is 0 Å². The Hall–Kier alpha value is -0.193. The number of fused-ring (bicyclic) bond motifs is 3. The van der Waals surface area contributed by atoms with Crippen molar-refractivity contribution < 1.29 is 14.0 Å². The maximum atomic E-state index is 12.9. The van der Waals surface area contributed by atoms with Crippen LogP contribution in [0.1, 0.15) is 65.7 Å². The highest BCUT2D eigenvalue weighted by molar-refractivity contribution is 6.74. The maximum Gasteiger partial charge on any atom is 0.192 e. The molecule has 2 aliphatic heterocycles. The van der Waals surface area contributed by atoms with Crippen molar-refractivity contribution in [1.82, 2.24) is 0 Å². The first kappa shape index (κ1) is 17.2. The highest BCUT2D eigenvalue weighted by atomic mass is 28.4. The molecular formula is C20H34O3Si. The molecule has 2 aliphatic carbocycles. The number of ether oxygens (including phenoxy) is 1. The fraction of sp³-hybridized carbons (Fsp3) is 0.950. The van der Waals surface area contributed by atoms with Crippen LogP contribution < -0.4 is 0 Å². The quantitative estimate of drug-likeness (QED) is 0.677. The molecule has 0 aromatic rings. The van der Waals surface area contributed by atoms with Gasteiger partial charge in [-0.2, -0.15) is 0 Å². The van der Waals surface area contributed by atoms with Gasteiger partial charge in [0.2, 0.25) is 0 Å². The van der Waals surface area contributed by atoms with Crippen LogP contribution in [0.15, 0.2) is 0 Å². The van der Waals surface area contributed by atoms with Gasteiger partial charge in [0.15, 0.2) is 8.32 Å². The molecule has 0 amide bonds. The Bertz CT molecular complexity index is 537. The molecule has 0 aromatic heterocycles. The number of Topliss-reactive ketones (excluding diaryl/α,β-unsaturated/α-hetero) is 1. The Morgan fingerprint density at radius 2 is 1.96 bits per heavy atom. The minimum Gasteiger partial charge on any atom is -0.413 e. The van der Waals surface area contributed by atoms with Crippen LogP contribution >= 0.6 is 0 Å². The minimum absolute atomic E-state index is 0.116. The number of rotatable bonds is 2. The molecule has 24 heavy (non-hydrogen) atoms. The van der Waals surface area contributed by atoms with Crippen molar-refractivity contribution >= 4 is 14.1 Å². The lowest BCUT2D eigenvalue weighted by atomic mass is 9.75. The summed E-state index contributed by atoms with van der Waals surface area (Å²) in [6.07, 6.45) is 8.20. The topological polar surface area (TPSA) is 35.5 Å². The van der Waals surface area contributed by atoms with Crippen LogP contribution in [0, 0.1) is 17.8 Å². The second-order valence-corrected chi connectivity index (χ2v) is 15.1. The van der Waals surface area contributed by atoms with Gasteiger partial charge in [-0.25, -0.2) is 0 Å². The molecule has 4 unspecified atom stereocenters. The zero-order valence-corrected chi connectivity index (χ0v) is 17.1. The van der Waals surface area contributed by atoms with E-state index in [4.69, 9.17) is 9.16 Å². The van der Waals surface area contributed by atoms with E-state index in [2.05, 4.69) is 33.9 Å². The van der Waals surface area contributed by atoms with E-state index in [1.807, 2.05) is 0 Å². The zero-order chi connectivity index (χ0) is 17.3. The smallest absolute Gasteiger partial charge is 0.192 e. The van der Waals surface area contributed by atoms with E-state index in [1.54, 1.807) is 0 Å². The molecule has 0 N–H and O–H groups in total. The van der Waals surface area contributed by atoms with Gasteiger partial charge in [-0.15, -0.1) is 0 Å². The molecule has 2 saturated heterocycles. The minimum atomic E-state index is -1.84. The van der Waals surface area contributed by atoms with Gasteiger partial charge in [-0.3, -0.25) is 4.79 Å². The predicted octanol–water partition coefficient (Wildman–Crippen LogP) is 4.70. The third-order valence-corrected chi connectivity index (χ3v) is 12.6. The lowest BCUT2D eigenvalue weighted by Gasteiger charge is -2.40. The summed E-state index contributed by atoms with van der Waals surface area (Å²) in [6.45, 7) is 11.5. The summed E-state index contributed by atoms with van der Waals surface area (Å²) in [5.74, 6) is 1.60. The molecule has 3 nitrogen and oxygen atoms in total. The van der Waals surface area contributed by atoms with Crippen molar-refractivity contribution in [3.63, 3.8) is 0 Å². The molecule has 0 aromatic carbocycles. The molecule has 1 spiro atoms. The summed E-state index contributed by atoms with van der Waals surface area (Å²) in [6, 6.07) is 0. The van der Waals surface area contributed by atoms with E-state index < -0.39 is 8.32 Å². The lowest BCUT2D eigenvalue weighted by Crippen LogP contribution is -2.45. The number of hydrogen-bond donors (Lipinski definition) is 0. The number of carbonyl (C=O) groups excluding carboxylic acids is 1. The normalized spacial score (nSPS) is 45.2. The van der Waals surface area contributed by atoms with E-state index >= 15 is 0 Å². The van der Waals surface area contributed by atoms with Crippen molar-refractivity contribution in [2.75, 3.05) is 0 Å². The Morgan fingerprint density at radius 3 is 2.67 bits per heavy atom. The fourth-order valence-corrected chi connectivity index (χ4v) is 7.11. The Kier molecular flexibility index (Phi) is 3.88. The van der Waals surface area contributed by atoms with E-state index in [0.717, 1.165) is 12.8 Å². The Balaban J connectivity index is 1.60. The maximum absolute atomic E-state index is 12.9. The van der Waals surface area contributed by atoms with Crippen LogP contribution in [0.2, 0.25) is 18.1 Å². The predicted molar refractivity (Wildman–Crippen MR) is 97.5 cm³/mol. The fourth-order valence-electron chi connectivity index (χ4n) is 5.74. The first-order valence-corrected chi connectivity index (χ1v) is 12.9.